The Labute approximate surface area is 169 Å². The summed E-state index contributed by atoms with van der Waals surface area (Å²) in [5.41, 5.74) is 3.88. The number of H-pyrrole nitrogens is 1. The van der Waals surface area contributed by atoms with Gasteiger partial charge in [0.15, 0.2) is 11.6 Å². The molecule has 11 heteroatoms. The Hall–Kier alpha value is -2.53. The standard InChI is InChI=1S/C19H23F3N4O4/c1-29-15-13-10(16(27)24-18(28)25(13)7-9-3-4-9)5-12(20)14(15)26-8-19(21,22)11(6-23)17(26)30-2/h5,9,11,17H,3-4,6-8,23H2,1-2H3,(H,24,27,28). The first-order valence-electron chi connectivity index (χ1n) is 9.64. The molecule has 2 fully saturated rings. The molecule has 0 bridgehead atoms. The summed E-state index contributed by atoms with van der Waals surface area (Å²) in [4.78, 5) is 28.1. The Kier molecular flexibility index (Phi) is 5.05. The predicted octanol–water partition coefficient (Wildman–Crippen LogP) is 1.25. The maximum absolute atomic E-state index is 15.2. The Morgan fingerprint density at radius 3 is 2.57 bits per heavy atom. The maximum atomic E-state index is 15.2. The molecule has 0 spiro atoms. The van der Waals surface area contributed by atoms with Gasteiger partial charge in [-0.2, -0.15) is 0 Å². The first-order valence-corrected chi connectivity index (χ1v) is 9.64. The number of nitrogens with one attached hydrogen (secondary N) is 1. The van der Waals surface area contributed by atoms with Crippen molar-refractivity contribution in [1.82, 2.24) is 9.55 Å². The number of hydrogen-bond donors (Lipinski definition) is 2. The number of hydrogen-bond acceptors (Lipinski definition) is 6. The van der Waals surface area contributed by atoms with Crippen LogP contribution in [0, 0.1) is 17.7 Å². The molecule has 1 aliphatic heterocycles. The molecule has 2 aromatic rings. The van der Waals surface area contributed by atoms with Crippen LogP contribution in [-0.2, 0) is 11.3 Å². The van der Waals surface area contributed by atoms with Crippen molar-refractivity contribution in [2.45, 2.75) is 31.5 Å². The molecule has 3 N–H and O–H groups in total. The molecule has 2 aliphatic rings. The highest BCUT2D eigenvalue weighted by Crippen LogP contribution is 2.46. The fourth-order valence-corrected chi connectivity index (χ4v) is 4.22. The summed E-state index contributed by atoms with van der Waals surface area (Å²) in [5, 5.41) is -0.0938. The van der Waals surface area contributed by atoms with Crippen LogP contribution < -0.4 is 26.6 Å². The monoisotopic (exact) mass is 428 g/mol. The summed E-state index contributed by atoms with van der Waals surface area (Å²) >= 11 is 0. The number of halogens is 3. The number of anilines is 1. The van der Waals surface area contributed by atoms with Crippen molar-refractivity contribution in [3.8, 4) is 5.75 Å². The van der Waals surface area contributed by atoms with Crippen molar-refractivity contribution >= 4 is 16.6 Å². The molecule has 2 heterocycles. The molecule has 164 valence electrons. The van der Waals surface area contributed by atoms with E-state index >= 15 is 4.39 Å². The summed E-state index contributed by atoms with van der Waals surface area (Å²) < 4.78 is 56.3. The van der Waals surface area contributed by atoms with E-state index in [1.165, 1.54) is 18.8 Å². The molecule has 30 heavy (non-hydrogen) atoms. The second-order valence-corrected chi connectivity index (χ2v) is 7.81. The second-order valence-electron chi connectivity index (χ2n) is 7.81. The van der Waals surface area contributed by atoms with E-state index in [0.717, 1.165) is 23.8 Å². The quantitative estimate of drug-likeness (QED) is 0.718. The number of methoxy groups -OCH3 is 2. The molecule has 1 saturated carbocycles. The number of aromatic amines is 1. The van der Waals surface area contributed by atoms with Gasteiger partial charge in [-0.1, -0.05) is 0 Å². The summed E-state index contributed by atoms with van der Waals surface area (Å²) in [5.74, 6) is -5.44. The molecular weight excluding hydrogens is 405 g/mol. The summed E-state index contributed by atoms with van der Waals surface area (Å²) in [7, 11) is 2.47. The second kappa shape index (κ2) is 7.31. The zero-order chi connectivity index (χ0) is 21.8. The van der Waals surface area contributed by atoms with Gasteiger partial charge >= 0.3 is 5.69 Å². The van der Waals surface area contributed by atoms with E-state index < -0.39 is 41.7 Å². The zero-order valence-electron chi connectivity index (χ0n) is 16.6. The van der Waals surface area contributed by atoms with Gasteiger partial charge in [0.05, 0.1) is 25.0 Å². The lowest BCUT2D eigenvalue weighted by molar-refractivity contribution is -0.0563. The number of alkyl halides is 2. The Morgan fingerprint density at radius 1 is 1.30 bits per heavy atom. The van der Waals surface area contributed by atoms with Crippen molar-refractivity contribution in [2.24, 2.45) is 17.6 Å². The minimum atomic E-state index is -3.23. The lowest BCUT2D eigenvalue weighted by Crippen LogP contribution is -2.39. The van der Waals surface area contributed by atoms with Crippen molar-refractivity contribution in [1.29, 1.82) is 0 Å². The zero-order valence-corrected chi connectivity index (χ0v) is 16.6. The smallest absolute Gasteiger partial charge is 0.328 e. The van der Waals surface area contributed by atoms with Crippen LogP contribution in [0.25, 0.3) is 10.9 Å². The maximum Gasteiger partial charge on any atom is 0.328 e. The first kappa shape index (κ1) is 20.7. The molecule has 1 aliphatic carbocycles. The summed E-state index contributed by atoms with van der Waals surface area (Å²) in [6.07, 6.45) is 0.633. The lowest BCUT2D eigenvalue weighted by atomic mass is 10.0. The number of nitrogens with zero attached hydrogens (tertiary/aromatic N) is 2. The van der Waals surface area contributed by atoms with Crippen LogP contribution in [0.15, 0.2) is 15.7 Å². The number of aromatic nitrogens is 2. The van der Waals surface area contributed by atoms with Gasteiger partial charge in [0.1, 0.15) is 17.4 Å². The number of benzene rings is 1. The van der Waals surface area contributed by atoms with Crippen LogP contribution in [0.1, 0.15) is 12.8 Å². The first-order chi connectivity index (χ1) is 14.2. The van der Waals surface area contributed by atoms with Crippen molar-refractivity contribution in [2.75, 3.05) is 32.2 Å². The molecule has 2 unspecified atom stereocenters. The van der Waals surface area contributed by atoms with E-state index in [1.54, 1.807) is 0 Å². The highest BCUT2D eigenvalue weighted by atomic mass is 19.3. The third-order valence-corrected chi connectivity index (χ3v) is 5.86. The van der Waals surface area contributed by atoms with Crippen LogP contribution in [0.2, 0.25) is 0 Å². The van der Waals surface area contributed by atoms with Crippen LogP contribution in [0.5, 0.6) is 5.75 Å². The third-order valence-electron chi connectivity index (χ3n) is 5.86. The SMILES string of the molecule is COc1c(N2CC(F)(F)C(CN)C2OC)c(F)cc2c(=O)[nH]c(=O)n(CC3CC3)c12. The van der Waals surface area contributed by atoms with Gasteiger partial charge in [-0.25, -0.2) is 18.0 Å². The minimum absolute atomic E-state index is 0.0731. The average Bonchev–Trinajstić information content (AvgIpc) is 3.46. The van der Waals surface area contributed by atoms with Gasteiger partial charge in [0.25, 0.3) is 11.5 Å². The molecule has 4 rings (SSSR count). The van der Waals surface area contributed by atoms with E-state index in [4.69, 9.17) is 15.2 Å². The Bertz CT molecular complexity index is 1100. The molecule has 2 atom stereocenters. The lowest BCUT2D eigenvalue weighted by Gasteiger charge is -2.29. The molecule has 8 nitrogen and oxygen atoms in total. The van der Waals surface area contributed by atoms with Crippen molar-refractivity contribution in [3.05, 3.63) is 32.7 Å². The normalized spacial score (nSPS) is 23.3. The molecule has 1 aromatic carbocycles. The van der Waals surface area contributed by atoms with Gasteiger partial charge in [0.2, 0.25) is 0 Å². The predicted molar refractivity (Wildman–Crippen MR) is 104 cm³/mol. The van der Waals surface area contributed by atoms with E-state index in [0.29, 0.717) is 6.54 Å². The molecule has 0 amide bonds. The van der Waals surface area contributed by atoms with Gasteiger partial charge in [0, 0.05) is 20.2 Å². The van der Waals surface area contributed by atoms with Crippen LogP contribution in [-0.4, -0.2) is 49.0 Å². The fraction of sp³-hybridized carbons (Fsp3) is 0.579. The number of rotatable bonds is 6. The molecule has 1 saturated heterocycles. The highest BCUT2D eigenvalue weighted by Gasteiger charge is 2.55. The Balaban J connectivity index is 2.00. The van der Waals surface area contributed by atoms with Crippen molar-refractivity contribution < 1.29 is 22.6 Å². The topological polar surface area (TPSA) is 103 Å². The summed E-state index contributed by atoms with van der Waals surface area (Å²) in [6.45, 7) is -0.906. The third kappa shape index (κ3) is 3.16. The van der Waals surface area contributed by atoms with Crippen LogP contribution >= 0.6 is 0 Å². The number of fused-ring (bicyclic) bond motifs is 1. The Morgan fingerprint density at radius 2 is 2.00 bits per heavy atom. The summed E-state index contributed by atoms with van der Waals surface area (Å²) in [6, 6.07) is 0.940. The van der Waals surface area contributed by atoms with Crippen molar-refractivity contribution in [3.63, 3.8) is 0 Å². The largest absolute Gasteiger partial charge is 0.492 e. The van der Waals surface area contributed by atoms with Gasteiger partial charge in [-0.15, -0.1) is 0 Å². The van der Waals surface area contributed by atoms with E-state index in [9.17, 15) is 18.4 Å². The molecule has 0 radical (unpaired) electrons. The fourth-order valence-electron chi connectivity index (χ4n) is 4.22. The molecular formula is C19H23F3N4O4. The van der Waals surface area contributed by atoms with E-state index in [1.807, 2.05) is 0 Å². The van der Waals surface area contributed by atoms with Crippen LogP contribution in [0.3, 0.4) is 0 Å². The van der Waals surface area contributed by atoms with Crippen LogP contribution in [0.4, 0.5) is 18.9 Å². The average molecular weight is 428 g/mol. The highest BCUT2D eigenvalue weighted by molar-refractivity contribution is 5.91. The van der Waals surface area contributed by atoms with Gasteiger partial charge in [-0.3, -0.25) is 14.3 Å². The molecule has 1 aromatic heterocycles. The van der Waals surface area contributed by atoms with Gasteiger partial charge in [-0.05, 0) is 24.8 Å². The van der Waals surface area contributed by atoms with E-state index in [2.05, 4.69) is 4.98 Å². The number of nitrogens with two attached hydrogens (primary N) is 1. The van der Waals surface area contributed by atoms with Gasteiger partial charge < -0.3 is 20.1 Å². The van der Waals surface area contributed by atoms with E-state index in [-0.39, 0.29) is 34.8 Å². The number of ether oxygens (including phenoxy) is 2. The minimum Gasteiger partial charge on any atom is -0.492 e.